The Morgan fingerprint density at radius 3 is 1.82 bits per heavy atom. The van der Waals surface area contributed by atoms with E-state index in [0.29, 0.717) is 0 Å². The van der Waals surface area contributed by atoms with E-state index in [9.17, 15) is 0 Å². The molecule has 0 unspecified atom stereocenters. The van der Waals surface area contributed by atoms with Gasteiger partial charge in [-0.1, -0.05) is 15.9 Å². The highest BCUT2D eigenvalue weighted by molar-refractivity contribution is 9.10. The van der Waals surface area contributed by atoms with Gasteiger partial charge in [-0.25, -0.2) is 10.0 Å². The van der Waals surface area contributed by atoms with E-state index in [1.54, 1.807) is 0 Å². The van der Waals surface area contributed by atoms with Crippen LogP contribution in [0.1, 0.15) is 0 Å². The fourth-order valence-electron chi connectivity index (χ4n) is 0.843. The van der Waals surface area contributed by atoms with E-state index >= 15 is 0 Å². The van der Waals surface area contributed by atoms with Gasteiger partial charge in [0.2, 0.25) is 0 Å². The Hall–Kier alpha value is 0.0500. The summed E-state index contributed by atoms with van der Waals surface area (Å²) in [5.74, 6) is 0. The molecule has 2 heteroatoms. The highest BCUT2D eigenvalue weighted by Crippen LogP contribution is 2.44. The zero-order valence-electron chi connectivity index (χ0n) is 7.10. The monoisotopic (exact) mass is 232 g/mol. The minimum atomic E-state index is -0.540. The Kier molecular flexibility index (Phi) is 2.66. The fourth-order valence-corrected chi connectivity index (χ4v) is 2.06. The topological polar surface area (TPSA) is 0 Å². The first-order valence-corrected chi connectivity index (χ1v) is 7.09. The molecule has 1 aromatic rings. The SMILES string of the molecule is CS(C)(C)c1ccc(Br)cc1. The van der Waals surface area contributed by atoms with Crippen molar-refractivity contribution in [3.63, 3.8) is 0 Å². The lowest BCUT2D eigenvalue weighted by Crippen LogP contribution is -1.91. The summed E-state index contributed by atoms with van der Waals surface area (Å²) in [6.07, 6.45) is 6.91. The molecule has 0 aromatic heterocycles. The third kappa shape index (κ3) is 2.53. The maximum absolute atomic E-state index is 3.42. The second-order valence-electron chi connectivity index (χ2n) is 3.29. The molecule has 0 atom stereocenters. The molecule has 0 saturated carbocycles. The molecular formula is C9H13BrS. The molecule has 0 saturated heterocycles. The third-order valence-electron chi connectivity index (χ3n) is 1.52. The van der Waals surface area contributed by atoms with Crippen LogP contribution in [0.15, 0.2) is 33.6 Å². The van der Waals surface area contributed by atoms with Crippen molar-refractivity contribution < 1.29 is 0 Å². The van der Waals surface area contributed by atoms with Gasteiger partial charge < -0.3 is 0 Å². The van der Waals surface area contributed by atoms with E-state index in [-0.39, 0.29) is 0 Å². The molecule has 0 aliphatic carbocycles. The summed E-state index contributed by atoms with van der Waals surface area (Å²) < 4.78 is 1.16. The third-order valence-corrected chi connectivity index (χ3v) is 3.74. The smallest absolute Gasteiger partial charge is 0.0176 e. The maximum Gasteiger partial charge on any atom is 0.0176 e. The van der Waals surface area contributed by atoms with Crippen molar-refractivity contribution in [2.45, 2.75) is 4.90 Å². The van der Waals surface area contributed by atoms with Crippen LogP contribution in [-0.2, 0) is 0 Å². The van der Waals surface area contributed by atoms with Gasteiger partial charge in [-0.2, -0.15) is 0 Å². The molecule has 0 N–H and O–H groups in total. The molecule has 0 heterocycles. The summed E-state index contributed by atoms with van der Waals surface area (Å²) in [6.45, 7) is 0. The molecule has 0 nitrogen and oxygen atoms in total. The summed E-state index contributed by atoms with van der Waals surface area (Å²) in [5, 5.41) is 0. The number of halogens is 1. The summed E-state index contributed by atoms with van der Waals surface area (Å²) in [5.41, 5.74) is 0. The van der Waals surface area contributed by atoms with Gasteiger partial charge in [-0.3, -0.25) is 0 Å². The molecule has 0 spiro atoms. The lowest BCUT2D eigenvalue weighted by atomic mass is 10.4. The molecule has 62 valence electrons. The Labute approximate surface area is 78.5 Å². The Morgan fingerprint density at radius 2 is 1.45 bits per heavy atom. The van der Waals surface area contributed by atoms with Crippen LogP contribution in [0, 0.1) is 0 Å². The predicted octanol–water partition coefficient (Wildman–Crippen LogP) is 3.50. The zero-order chi connectivity index (χ0) is 8.48. The predicted molar refractivity (Wildman–Crippen MR) is 57.8 cm³/mol. The maximum atomic E-state index is 3.42. The Morgan fingerprint density at radius 1 is 1.00 bits per heavy atom. The van der Waals surface area contributed by atoms with E-state index < -0.39 is 10.0 Å². The van der Waals surface area contributed by atoms with Gasteiger partial charge in [0, 0.05) is 4.47 Å². The van der Waals surface area contributed by atoms with Crippen molar-refractivity contribution in [1.29, 1.82) is 0 Å². The van der Waals surface area contributed by atoms with E-state index in [2.05, 4.69) is 59.0 Å². The van der Waals surface area contributed by atoms with Crippen LogP contribution >= 0.6 is 26.0 Å². The molecule has 1 rings (SSSR count). The van der Waals surface area contributed by atoms with Gasteiger partial charge in [-0.15, -0.1) is 0 Å². The van der Waals surface area contributed by atoms with E-state index in [0.717, 1.165) is 4.47 Å². The average molecular weight is 233 g/mol. The first-order valence-electron chi connectivity index (χ1n) is 3.44. The van der Waals surface area contributed by atoms with Crippen LogP contribution in [-0.4, -0.2) is 18.8 Å². The van der Waals surface area contributed by atoms with Crippen molar-refractivity contribution in [1.82, 2.24) is 0 Å². The molecule has 0 aliphatic heterocycles. The summed E-state index contributed by atoms with van der Waals surface area (Å²) in [6, 6.07) is 8.60. The number of benzene rings is 1. The summed E-state index contributed by atoms with van der Waals surface area (Å²) in [4.78, 5) is 1.46. The van der Waals surface area contributed by atoms with Gasteiger partial charge in [0.25, 0.3) is 0 Å². The zero-order valence-corrected chi connectivity index (χ0v) is 9.50. The minimum Gasteiger partial charge on any atom is -0.223 e. The van der Waals surface area contributed by atoms with E-state index in [1.807, 2.05) is 0 Å². The number of hydrogen-bond donors (Lipinski definition) is 0. The van der Waals surface area contributed by atoms with Crippen LogP contribution in [0.4, 0.5) is 0 Å². The molecule has 11 heavy (non-hydrogen) atoms. The Bertz CT molecular complexity index is 233. The van der Waals surface area contributed by atoms with Crippen molar-refractivity contribution >= 4 is 26.0 Å². The highest BCUT2D eigenvalue weighted by atomic mass is 79.9. The number of rotatable bonds is 1. The van der Waals surface area contributed by atoms with Gasteiger partial charge in [-0.05, 0) is 47.9 Å². The second kappa shape index (κ2) is 3.20. The van der Waals surface area contributed by atoms with Crippen LogP contribution < -0.4 is 0 Å². The second-order valence-corrected chi connectivity index (χ2v) is 8.35. The molecule has 0 bridgehead atoms. The lowest BCUT2D eigenvalue weighted by molar-refractivity contribution is 1.42. The van der Waals surface area contributed by atoms with Crippen molar-refractivity contribution in [2.75, 3.05) is 18.8 Å². The van der Waals surface area contributed by atoms with E-state index in [4.69, 9.17) is 0 Å². The molecule has 0 radical (unpaired) electrons. The molecular weight excluding hydrogens is 220 g/mol. The van der Waals surface area contributed by atoms with Gasteiger partial charge in [0.15, 0.2) is 0 Å². The molecule has 0 fully saturated rings. The quantitative estimate of drug-likeness (QED) is 0.696. The summed E-state index contributed by atoms with van der Waals surface area (Å²) >= 11 is 3.42. The standard InChI is InChI=1S/C9H13BrS/c1-11(2,3)9-6-4-8(10)5-7-9/h4-7H,1-3H3. The minimum absolute atomic E-state index is 0.540. The average Bonchev–Trinajstić information content (AvgIpc) is 1.86. The van der Waals surface area contributed by atoms with Crippen LogP contribution in [0.25, 0.3) is 0 Å². The fraction of sp³-hybridized carbons (Fsp3) is 0.333. The van der Waals surface area contributed by atoms with Gasteiger partial charge in [0.1, 0.15) is 0 Å². The van der Waals surface area contributed by atoms with E-state index in [1.165, 1.54) is 4.90 Å². The van der Waals surface area contributed by atoms with Crippen LogP contribution in [0.3, 0.4) is 0 Å². The van der Waals surface area contributed by atoms with Crippen LogP contribution in [0.5, 0.6) is 0 Å². The molecule has 1 aromatic carbocycles. The summed E-state index contributed by atoms with van der Waals surface area (Å²) in [7, 11) is -0.540. The largest absolute Gasteiger partial charge is 0.223 e. The van der Waals surface area contributed by atoms with Gasteiger partial charge in [0.05, 0.1) is 0 Å². The normalized spacial score (nSPS) is 13.1. The molecule has 0 amide bonds. The molecule has 0 aliphatic rings. The van der Waals surface area contributed by atoms with Crippen molar-refractivity contribution in [2.24, 2.45) is 0 Å². The highest BCUT2D eigenvalue weighted by Gasteiger charge is 2.05. The van der Waals surface area contributed by atoms with Gasteiger partial charge >= 0.3 is 0 Å². The van der Waals surface area contributed by atoms with Crippen molar-refractivity contribution in [3.05, 3.63) is 28.7 Å². The first kappa shape index (κ1) is 9.14. The first-order chi connectivity index (χ1) is 5.00. The Balaban J connectivity index is 2.99. The van der Waals surface area contributed by atoms with Crippen molar-refractivity contribution in [3.8, 4) is 0 Å². The van der Waals surface area contributed by atoms with Crippen LogP contribution in [0.2, 0.25) is 0 Å². The number of hydrogen-bond acceptors (Lipinski definition) is 0. The lowest BCUT2D eigenvalue weighted by Gasteiger charge is -2.25.